The van der Waals surface area contributed by atoms with E-state index in [1.54, 1.807) is 0 Å². The van der Waals surface area contributed by atoms with Gasteiger partial charge < -0.3 is 5.32 Å². The maximum Gasteiger partial charge on any atom is 0.114 e. The molecule has 0 aliphatic carbocycles. The van der Waals surface area contributed by atoms with E-state index in [2.05, 4.69) is 31.6 Å². The van der Waals surface area contributed by atoms with Crippen molar-refractivity contribution in [3.05, 3.63) is 16.1 Å². The summed E-state index contributed by atoms with van der Waals surface area (Å²) in [7, 11) is 2.07. The Morgan fingerprint density at radius 3 is 2.81 bits per heavy atom. The molecule has 1 aliphatic heterocycles. The van der Waals surface area contributed by atoms with Crippen LogP contribution in [0, 0.1) is 0 Å². The molecular weight excluding hydrogens is 236 g/mol. The fourth-order valence-corrected chi connectivity index (χ4v) is 4.61. The average Bonchev–Trinajstić information content (AvgIpc) is 2.80. The van der Waals surface area contributed by atoms with Gasteiger partial charge in [0.15, 0.2) is 0 Å². The van der Waals surface area contributed by atoms with E-state index in [9.17, 15) is 0 Å². The van der Waals surface area contributed by atoms with Crippen LogP contribution in [-0.4, -0.2) is 23.5 Å². The highest BCUT2D eigenvalue weighted by molar-refractivity contribution is 7.99. The summed E-state index contributed by atoms with van der Waals surface area (Å²) in [5, 5.41) is 7.02. The SMILES string of the molecule is CNC1(c2nc(C(C)C)cs2)CCCSC1. The number of nitrogens with zero attached hydrogens (tertiary/aromatic N) is 1. The topological polar surface area (TPSA) is 24.9 Å². The second-order valence-corrected chi connectivity index (χ2v) is 6.68. The lowest BCUT2D eigenvalue weighted by atomic mass is 9.96. The van der Waals surface area contributed by atoms with E-state index in [1.807, 2.05) is 23.1 Å². The molecule has 16 heavy (non-hydrogen) atoms. The molecule has 1 N–H and O–H groups in total. The second kappa shape index (κ2) is 5.07. The molecule has 1 aromatic rings. The summed E-state index contributed by atoms with van der Waals surface area (Å²) >= 11 is 3.86. The zero-order valence-corrected chi connectivity index (χ0v) is 11.9. The zero-order valence-electron chi connectivity index (χ0n) is 10.2. The summed E-state index contributed by atoms with van der Waals surface area (Å²) in [6, 6.07) is 0. The molecule has 2 heterocycles. The monoisotopic (exact) mass is 256 g/mol. The summed E-state index contributed by atoms with van der Waals surface area (Å²) in [5.41, 5.74) is 1.38. The van der Waals surface area contributed by atoms with Gasteiger partial charge in [-0.3, -0.25) is 0 Å². The molecule has 0 spiro atoms. The fourth-order valence-electron chi connectivity index (χ4n) is 2.04. The van der Waals surface area contributed by atoms with Gasteiger partial charge in [-0.2, -0.15) is 11.8 Å². The van der Waals surface area contributed by atoms with Crippen molar-refractivity contribution in [3.63, 3.8) is 0 Å². The highest BCUT2D eigenvalue weighted by Crippen LogP contribution is 2.37. The minimum Gasteiger partial charge on any atom is -0.308 e. The van der Waals surface area contributed by atoms with Crippen LogP contribution in [0.3, 0.4) is 0 Å². The van der Waals surface area contributed by atoms with Gasteiger partial charge in [0.05, 0.1) is 11.2 Å². The maximum atomic E-state index is 4.82. The molecule has 1 aliphatic rings. The molecular formula is C12H20N2S2. The quantitative estimate of drug-likeness (QED) is 0.899. The van der Waals surface area contributed by atoms with Crippen LogP contribution in [-0.2, 0) is 5.54 Å². The van der Waals surface area contributed by atoms with Crippen LogP contribution in [0.5, 0.6) is 0 Å². The summed E-state index contributed by atoms with van der Waals surface area (Å²) in [6.45, 7) is 4.42. The van der Waals surface area contributed by atoms with E-state index in [1.165, 1.54) is 29.3 Å². The van der Waals surface area contributed by atoms with Crippen molar-refractivity contribution < 1.29 is 0 Å². The third-order valence-electron chi connectivity index (χ3n) is 3.24. The van der Waals surface area contributed by atoms with Crippen LogP contribution in [0.4, 0.5) is 0 Å². The molecule has 0 amide bonds. The van der Waals surface area contributed by atoms with Gasteiger partial charge in [-0.1, -0.05) is 13.8 Å². The van der Waals surface area contributed by atoms with Gasteiger partial charge in [0.2, 0.25) is 0 Å². The number of hydrogen-bond acceptors (Lipinski definition) is 4. The van der Waals surface area contributed by atoms with Gasteiger partial charge >= 0.3 is 0 Å². The van der Waals surface area contributed by atoms with Crippen LogP contribution < -0.4 is 5.32 Å². The Balaban J connectivity index is 2.25. The number of hydrogen-bond donors (Lipinski definition) is 1. The fraction of sp³-hybridized carbons (Fsp3) is 0.750. The number of thioether (sulfide) groups is 1. The van der Waals surface area contributed by atoms with Crippen molar-refractivity contribution in [2.24, 2.45) is 0 Å². The highest BCUT2D eigenvalue weighted by atomic mass is 32.2. The van der Waals surface area contributed by atoms with Crippen molar-refractivity contribution in [2.75, 3.05) is 18.6 Å². The first kappa shape index (κ1) is 12.4. The summed E-state index contributed by atoms with van der Waals surface area (Å²) in [4.78, 5) is 4.82. The number of nitrogens with one attached hydrogen (secondary N) is 1. The largest absolute Gasteiger partial charge is 0.308 e. The van der Waals surface area contributed by atoms with Gasteiger partial charge in [0.25, 0.3) is 0 Å². The Kier molecular flexibility index (Phi) is 3.93. The first-order chi connectivity index (χ1) is 7.68. The minimum atomic E-state index is 0.140. The van der Waals surface area contributed by atoms with E-state index in [0.717, 1.165) is 5.75 Å². The third-order valence-corrected chi connectivity index (χ3v) is 5.58. The van der Waals surface area contributed by atoms with Crippen molar-refractivity contribution in [1.82, 2.24) is 10.3 Å². The number of rotatable bonds is 3. The Morgan fingerprint density at radius 1 is 1.50 bits per heavy atom. The predicted octanol–water partition coefficient (Wildman–Crippen LogP) is 3.21. The Morgan fingerprint density at radius 2 is 2.31 bits per heavy atom. The summed E-state index contributed by atoms with van der Waals surface area (Å²) in [5.74, 6) is 3.00. The molecule has 2 nitrogen and oxygen atoms in total. The molecule has 1 atom stereocenters. The first-order valence-electron chi connectivity index (χ1n) is 5.90. The normalized spacial score (nSPS) is 26.2. The van der Waals surface area contributed by atoms with Crippen LogP contribution >= 0.6 is 23.1 Å². The number of aromatic nitrogens is 1. The van der Waals surface area contributed by atoms with Crippen molar-refractivity contribution in [2.45, 2.75) is 38.1 Å². The highest BCUT2D eigenvalue weighted by Gasteiger charge is 2.35. The molecule has 1 saturated heterocycles. The van der Waals surface area contributed by atoms with Crippen molar-refractivity contribution >= 4 is 23.1 Å². The van der Waals surface area contributed by atoms with Crippen molar-refractivity contribution in [1.29, 1.82) is 0 Å². The molecule has 4 heteroatoms. The van der Waals surface area contributed by atoms with E-state index in [0.29, 0.717) is 5.92 Å². The van der Waals surface area contributed by atoms with Crippen LogP contribution in [0.1, 0.15) is 43.3 Å². The van der Waals surface area contributed by atoms with Crippen LogP contribution in [0.2, 0.25) is 0 Å². The van der Waals surface area contributed by atoms with Gasteiger partial charge in [0.1, 0.15) is 5.01 Å². The molecule has 0 bridgehead atoms. The van der Waals surface area contributed by atoms with E-state index < -0.39 is 0 Å². The number of thiazole rings is 1. The standard InChI is InChI=1S/C12H20N2S2/c1-9(2)10-7-16-11(14-10)12(13-3)5-4-6-15-8-12/h7,9,13H,4-6,8H2,1-3H3. The summed E-state index contributed by atoms with van der Waals surface area (Å²) in [6.07, 6.45) is 2.52. The van der Waals surface area contributed by atoms with Gasteiger partial charge in [-0.25, -0.2) is 4.98 Å². The van der Waals surface area contributed by atoms with Crippen molar-refractivity contribution in [3.8, 4) is 0 Å². The molecule has 90 valence electrons. The molecule has 1 aromatic heterocycles. The van der Waals surface area contributed by atoms with Crippen LogP contribution in [0.25, 0.3) is 0 Å². The molecule has 0 saturated carbocycles. The van der Waals surface area contributed by atoms with Gasteiger partial charge in [-0.05, 0) is 31.6 Å². The first-order valence-corrected chi connectivity index (χ1v) is 7.94. The second-order valence-electron chi connectivity index (χ2n) is 4.72. The lowest BCUT2D eigenvalue weighted by molar-refractivity contribution is 0.364. The Labute approximate surface area is 106 Å². The smallest absolute Gasteiger partial charge is 0.114 e. The molecule has 1 unspecified atom stereocenters. The Bertz CT molecular complexity index is 341. The Hall–Kier alpha value is -0.0600. The summed E-state index contributed by atoms with van der Waals surface area (Å²) < 4.78 is 0. The minimum absolute atomic E-state index is 0.140. The van der Waals surface area contributed by atoms with E-state index in [-0.39, 0.29) is 5.54 Å². The average molecular weight is 256 g/mol. The van der Waals surface area contributed by atoms with Gasteiger partial charge in [-0.15, -0.1) is 11.3 Å². The third kappa shape index (κ3) is 2.29. The molecule has 2 rings (SSSR count). The van der Waals surface area contributed by atoms with E-state index in [4.69, 9.17) is 4.98 Å². The maximum absolute atomic E-state index is 4.82. The lowest BCUT2D eigenvalue weighted by Gasteiger charge is -2.34. The zero-order chi connectivity index (χ0) is 11.6. The predicted molar refractivity (Wildman–Crippen MR) is 73.5 cm³/mol. The lowest BCUT2D eigenvalue weighted by Crippen LogP contribution is -2.44. The molecule has 1 fully saturated rings. The molecule has 0 aromatic carbocycles. The van der Waals surface area contributed by atoms with E-state index >= 15 is 0 Å². The van der Waals surface area contributed by atoms with Crippen LogP contribution in [0.15, 0.2) is 5.38 Å². The van der Waals surface area contributed by atoms with Gasteiger partial charge in [0, 0.05) is 11.1 Å². The molecule has 0 radical (unpaired) electrons.